The van der Waals surface area contributed by atoms with Crippen LogP contribution in [0.25, 0.3) is 5.57 Å². The Morgan fingerprint density at radius 1 is 1.35 bits per heavy atom. The normalized spacial score (nSPS) is 13.4. The summed E-state index contributed by atoms with van der Waals surface area (Å²) in [6.07, 6.45) is 7.32. The van der Waals surface area contributed by atoms with E-state index in [1.165, 1.54) is 5.56 Å². The predicted molar refractivity (Wildman–Crippen MR) is 74.8 cm³/mol. The summed E-state index contributed by atoms with van der Waals surface area (Å²) in [5.74, 6) is 0. The zero-order valence-corrected chi connectivity index (χ0v) is 10.6. The van der Waals surface area contributed by atoms with Crippen molar-refractivity contribution in [2.45, 2.75) is 38.7 Å². The van der Waals surface area contributed by atoms with Gasteiger partial charge in [0, 0.05) is 0 Å². The molecule has 0 saturated heterocycles. The first-order chi connectivity index (χ1) is 8.27. The molecule has 0 amide bonds. The highest BCUT2D eigenvalue weighted by molar-refractivity contribution is 5.66. The lowest BCUT2D eigenvalue weighted by Crippen LogP contribution is -2.03. The molecule has 1 nitrogen and oxygen atoms in total. The summed E-state index contributed by atoms with van der Waals surface area (Å²) < 4.78 is 0. The molecule has 1 unspecified atom stereocenters. The number of rotatable bonds is 7. The van der Waals surface area contributed by atoms with Crippen molar-refractivity contribution in [1.82, 2.24) is 0 Å². The van der Waals surface area contributed by atoms with E-state index < -0.39 is 0 Å². The Morgan fingerprint density at radius 2 is 2.06 bits per heavy atom. The summed E-state index contributed by atoms with van der Waals surface area (Å²) in [6.45, 7) is 5.91. The molecule has 1 rings (SSSR count). The summed E-state index contributed by atoms with van der Waals surface area (Å²) in [7, 11) is 0. The average molecular weight is 230 g/mol. The van der Waals surface area contributed by atoms with Gasteiger partial charge in [-0.15, -0.1) is 6.58 Å². The maximum absolute atomic E-state index is 9.93. The van der Waals surface area contributed by atoms with Crippen LogP contribution in [0.15, 0.2) is 49.1 Å². The Hall–Kier alpha value is -1.34. The van der Waals surface area contributed by atoms with Crippen molar-refractivity contribution in [3.05, 3.63) is 54.6 Å². The van der Waals surface area contributed by atoms with Crippen molar-refractivity contribution in [2.75, 3.05) is 0 Å². The fourth-order valence-corrected chi connectivity index (χ4v) is 1.82. The van der Waals surface area contributed by atoms with E-state index >= 15 is 0 Å². The number of allylic oxidation sites excluding steroid dienone is 2. The smallest absolute Gasteiger partial charge is 0.0726 e. The van der Waals surface area contributed by atoms with Crippen molar-refractivity contribution in [3.8, 4) is 0 Å². The van der Waals surface area contributed by atoms with Crippen LogP contribution < -0.4 is 0 Å². The van der Waals surface area contributed by atoms with Crippen LogP contribution in [0.4, 0.5) is 0 Å². The molecular formula is C16H22O. The Morgan fingerprint density at radius 3 is 2.65 bits per heavy atom. The quantitative estimate of drug-likeness (QED) is 0.696. The lowest BCUT2D eigenvalue weighted by Gasteiger charge is -2.10. The van der Waals surface area contributed by atoms with Gasteiger partial charge < -0.3 is 5.11 Å². The molecule has 0 aliphatic carbocycles. The van der Waals surface area contributed by atoms with Crippen molar-refractivity contribution >= 4 is 5.57 Å². The van der Waals surface area contributed by atoms with E-state index in [1.807, 2.05) is 30.4 Å². The van der Waals surface area contributed by atoms with Crippen LogP contribution in [-0.2, 0) is 0 Å². The highest BCUT2D eigenvalue weighted by atomic mass is 16.3. The molecule has 0 bridgehead atoms. The fraction of sp³-hybridized carbons (Fsp3) is 0.375. The molecular weight excluding hydrogens is 208 g/mol. The first-order valence-electron chi connectivity index (χ1n) is 6.33. The van der Waals surface area contributed by atoms with Gasteiger partial charge in [0.2, 0.25) is 0 Å². The van der Waals surface area contributed by atoms with Gasteiger partial charge >= 0.3 is 0 Å². The molecule has 0 spiro atoms. The van der Waals surface area contributed by atoms with Gasteiger partial charge in [0.25, 0.3) is 0 Å². The molecule has 0 aromatic heterocycles. The highest BCUT2D eigenvalue weighted by Crippen LogP contribution is 2.20. The first kappa shape index (κ1) is 13.7. The minimum atomic E-state index is -0.342. The van der Waals surface area contributed by atoms with Gasteiger partial charge in [-0.2, -0.15) is 0 Å². The minimum Gasteiger partial charge on any atom is -0.389 e. The summed E-state index contributed by atoms with van der Waals surface area (Å²) >= 11 is 0. The number of benzene rings is 1. The van der Waals surface area contributed by atoms with E-state index in [-0.39, 0.29) is 6.10 Å². The molecule has 17 heavy (non-hydrogen) atoms. The van der Waals surface area contributed by atoms with E-state index in [0.29, 0.717) is 0 Å². The predicted octanol–water partition coefficient (Wildman–Crippen LogP) is 4.20. The molecule has 1 atom stereocenters. The Labute approximate surface area is 104 Å². The molecule has 1 aromatic rings. The molecule has 1 heteroatoms. The van der Waals surface area contributed by atoms with Gasteiger partial charge in [0.05, 0.1) is 6.10 Å². The zero-order valence-electron chi connectivity index (χ0n) is 10.6. The largest absolute Gasteiger partial charge is 0.389 e. The number of unbranched alkanes of at least 4 members (excludes halogenated alkanes) is 1. The van der Waals surface area contributed by atoms with E-state index in [4.69, 9.17) is 0 Å². The molecule has 1 aromatic carbocycles. The van der Waals surface area contributed by atoms with Crippen LogP contribution in [0.3, 0.4) is 0 Å². The second-order valence-corrected chi connectivity index (χ2v) is 4.26. The van der Waals surface area contributed by atoms with Gasteiger partial charge in [-0.1, -0.05) is 62.2 Å². The second kappa shape index (κ2) is 7.86. The van der Waals surface area contributed by atoms with Crippen LogP contribution >= 0.6 is 0 Å². The van der Waals surface area contributed by atoms with Crippen LogP contribution in [0.2, 0.25) is 0 Å². The van der Waals surface area contributed by atoms with Crippen LogP contribution in [0.1, 0.15) is 38.2 Å². The molecule has 0 fully saturated rings. The standard InChI is InChI=1S/C16H22O/c1-3-5-12-16(17)13-15(9-4-2)14-10-7-6-8-11-14/h4,6-8,10-11,13,16-17H,2-3,5,9,12H2,1H3/b15-13+. The number of hydrogen-bond acceptors (Lipinski definition) is 1. The Kier molecular flexibility index (Phi) is 6.34. The molecule has 0 heterocycles. The van der Waals surface area contributed by atoms with Crippen LogP contribution in [-0.4, -0.2) is 11.2 Å². The van der Waals surface area contributed by atoms with E-state index in [0.717, 1.165) is 31.3 Å². The topological polar surface area (TPSA) is 20.2 Å². The third kappa shape index (κ3) is 5.01. The molecule has 0 radical (unpaired) electrons. The third-order valence-corrected chi connectivity index (χ3v) is 2.76. The molecule has 92 valence electrons. The van der Waals surface area contributed by atoms with Gasteiger partial charge in [-0.25, -0.2) is 0 Å². The fourth-order valence-electron chi connectivity index (χ4n) is 1.82. The zero-order chi connectivity index (χ0) is 12.5. The summed E-state index contributed by atoms with van der Waals surface area (Å²) in [5.41, 5.74) is 2.33. The molecule has 0 saturated carbocycles. The van der Waals surface area contributed by atoms with Gasteiger partial charge in [-0.05, 0) is 24.0 Å². The Balaban J connectivity index is 2.78. The number of hydrogen-bond donors (Lipinski definition) is 1. The number of aliphatic hydroxyl groups is 1. The van der Waals surface area contributed by atoms with E-state index in [2.05, 4.69) is 25.6 Å². The van der Waals surface area contributed by atoms with Gasteiger partial charge in [0.1, 0.15) is 0 Å². The second-order valence-electron chi connectivity index (χ2n) is 4.26. The average Bonchev–Trinajstić information content (AvgIpc) is 2.37. The van der Waals surface area contributed by atoms with Crippen molar-refractivity contribution in [1.29, 1.82) is 0 Å². The van der Waals surface area contributed by atoms with Crippen LogP contribution in [0.5, 0.6) is 0 Å². The maximum atomic E-state index is 9.93. The summed E-state index contributed by atoms with van der Waals surface area (Å²) in [4.78, 5) is 0. The lowest BCUT2D eigenvalue weighted by molar-refractivity contribution is 0.209. The lowest BCUT2D eigenvalue weighted by atomic mass is 9.99. The van der Waals surface area contributed by atoms with Crippen molar-refractivity contribution in [3.63, 3.8) is 0 Å². The molecule has 0 aliphatic rings. The van der Waals surface area contributed by atoms with E-state index in [9.17, 15) is 5.11 Å². The highest BCUT2D eigenvalue weighted by Gasteiger charge is 2.04. The summed E-state index contributed by atoms with van der Waals surface area (Å²) in [6, 6.07) is 10.2. The third-order valence-electron chi connectivity index (χ3n) is 2.76. The van der Waals surface area contributed by atoms with Gasteiger partial charge in [0.15, 0.2) is 0 Å². The monoisotopic (exact) mass is 230 g/mol. The van der Waals surface area contributed by atoms with E-state index in [1.54, 1.807) is 0 Å². The summed E-state index contributed by atoms with van der Waals surface area (Å²) in [5, 5.41) is 9.93. The van der Waals surface area contributed by atoms with Crippen molar-refractivity contribution in [2.24, 2.45) is 0 Å². The number of aliphatic hydroxyl groups excluding tert-OH is 1. The van der Waals surface area contributed by atoms with Crippen LogP contribution in [0, 0.1) is 0 Å². The van der Waals surface area contributed by atoms with Gasteiger partial charge in [-0.3, -0.25) is 0 Å². The minimum absolute atomic E-state index is 0.342. The Bertz CT molecular complexity index is 351. The maximum Gasteiger partial charge on any atom is 0.0726 e. The SMILES string of the molecule is C=CC/C(=C\C(O)CCCC)c1ccccc1. The van der Waals surface area contributed by atoms with Crippen molar-refractivity contribution < 1.29 is 5.11 Å². The molecule has 0 aliphatic heterocycles. The first-order valence-corrected chi connectivity index (χ1v) is 6.33. The molecule has 1 N–H and O–H groups in total.